The molecule has 270 valence electrons. The van der Waals surface area contributed by atoms with Crippen molar-refractivity contribution in [3.05, 3.63) is 101 Å². The predicted molar refractivity (Wildman–Crippen MR) is 196 cm³/mol. The fourth-order valence-electron chi connectivity index (χ4n) is 7.09. The number of hydrogen-bond acceptors (Lipinski definition) is 9. The Morgan fingerprint density at radius 2 is 1.92 bits per heavy atom. The average molecular weight is 697 g/mol. The molecule has 4 aromatic rings. The fourth-order valence-corrected chi connectivity index (χ4v) is 7.09. The zero-order valence-corrected chi connectivity index (χ0v) is 30.1. The second-order valence-electron chi connectivity index (χ2n) is 14.2. The number of aryl methyl sites for hydroxylation is 1. The number of aliphatic hydroxyl groups excluding tert-OH is 1. The number of hydrogen-bond donors (Lipinski definition) is 4. The lowest BCUT2D eigenvalue weighted by Gasteiger charge is -2.32. The minimum Gasteiger partial charge on any atom is -0.400 e. The van der Waals surface area contributed by atoms with Crippen LogP contribution in [0.2, 0.25) is 0 Å². The summed E-state index contributed by atoms with van der Waals surface area (Å²) in [6, 6.07) is 6.38. The second-order valence-corrected chi connectivity index (χ2v) is 14.2. The van der Waals surface area contributed by atoms with Crippen molar-refractivity contribution in [1.29, 1.82) is 0 Å². The van der Waals surface area contributed by atoms with Gasteiger partial charge in [0.05, 0.1) is 17.5 Å². The molecule has 1 aliphatic carbocycles. The van der Waals surface area contributed by atoms with E-state index in [0.717, 1.165) is 57.5 Å². The molecule has 0 fully saturated rings. The van der Waals surface area contributed by atoms with E-state index in [-0.39, 0.29) is 29.0 Å². The lowest BCUT2D eigenvalue weighted by atomic mass is 9.72. The lowest BCUT2D eigenvalue weighted by molar-refractivity contribution is -0.108. The van der Waals surface area contributed by atoms with Crippen molar-refractivity contribution in [2.45, 2.75) is 77.7 Å². The number of fused-ring (bicyclic) bond motifs is 8. The van der Waals surface area contributed by atoms with Gasteiger partial charge >= 0.3 is 0 Å². The molecule has 2 aliphatic rings. The molecule has 1 unspecified atom stereocenters. The zero-order chi connectivity index (χ0) is 36.9. The smallest absolute Gasteiger partial charge is 0.196 e. The minimum absolute atomic E-state index is 0.0589. The number of H-pyrrole nitrogens is 1. The summed E-state index contributed by atoms with van der Waals surface area (Å²) in [6.07, 6.45) is 18.1. The molecular weight excluding hydrogens is 647 g/mol. The van der Waals surface area contributed by atoms with Gasteiger partial charge in [0.25, 0.3) is 0 Å². The van der Waals surface area contributed by atoms with E-state index in [1.807, 2.05) is 13.1 Å². The molecule has 11 nitrogen and oxygen atoms in total. The van der Waals surface area contributed by atoms with Crippen LogP contribution in [0, 0.1) is 17.2 Å². The monoisotopic (exact) mass is 696 g/mol. The molecule has 3 aromatic heterocycles. The number of aliphatic hydroxyl groups is 1. The first kappa shape index (κ1) is 37.3. The van der Waals surface area contributed by atoms with Gasteiger partial charge in [0.15, 0.2) is 17.4 Å². The van der Waals surface area contributed by atoms with E-state index in [0.29, 0.717) is 45.9 Å². The van der Waals surface area contributed by atoms with Gasteiger partial charge in [-0.05, 0) is 73.9 Å². The highest BCUT2D eigenvalue weighted by molar-refractivity contribution is 6.12. The molecule has 0 saturated carbocycles. The van der Waals surface area contributed by atoms with Crippen LogP contribution in [0.3, 0.4) is 0 Å². The minimum atomic E-state index is -0.651. The number of pyridine rings is 1. The van der Waals surface area contributed by atoms with E-state index in [9.17, 15) is 9.59 Å². The van der Waals surface area contributed by atoms with Gasteiger partial charge in [0.1, 0.15) is 17.8 Å². The third kappa shape index (κ3) is 7.72. The largest absolute Gasteiger partial charge is 0.400 e. The summed E-state index contributed by atoms with van der Waals surface area (Å²) in [4.78, 5) is 38.1. The molecule has 12 heteroatoms. The highest BCUT2D eigenvalue weighted by Crippen LogP contribution is 2.41. The van der Waals surface area contributed by atoms with Crippen LogP contribution in [0.4, 0.5) is 4.39 Å². The van der Waals surface area contributed by atoms with E-state index in [4.69, 9.17) is 26.8 Å². The number of aldehydes is 1. The van der Waals surface area contributed by atoms with Crippen LogP contribution in [-0.4, -0.2) is 54.0 Å². The lowest BCUT2D eigenvalue weighted by Crippen LogP contribution is -2.31. The number of allylic oxidation sites excluding steroid dienone is 5. The molecule has 1 aromatic carbocycles. The Morgan fingerprint density at radius 1 is 1.16 bits per heavy atom. The van der Waals surface area contributed by atoms with Gasteiger partial charge in [-0.2, -0.15) is 5.10 Å². The first-order chi connectivity index (χ1) is 24.4. The summed E-state index contributed by atoms with van der Waals surface area (Å²) in [5, 5.41) is 14.1. The Bertz CT molecular complexity index is 1990. The van der Waals surface area contributed by atoms with Crippen molar-refractivity contribution in [2.24, 2.45) is 30.0 Å². The fraction of sp³-hybridized carbons (Fsp3) is 0.410. The van der Waals surface area contributed by atoms with Gasteiger partial charge in [-0.15, -0.1) is 0 Å². The second kappa shape index (κ2) is 15.5. The van der Waals surface area contributed by atoms with E-state index >= 15 is 4.39 Å². The van der Waals surface area contributed by atoms with Gasteiger partial charge in [0.2, 0.25) is 0 Å². The number of carbonyl (C=O) groups excluding carboxylic acids is 2. The molecular formula is C39H49FN8O3. The van der Waals surface area contributed by atoms with Crippen LogP contribution >= 0.6 is 0 Å². The third-order valence-electron chi connectivity index (χ3n) is 10.3. The molecule has 2 atom stereocenters. The number of halogens is 1. The molecule has 51 heavy (non-hydrogen) atoms. The summed E-state index contributed by atoms with van der Waals surface area (Å²) < 4.78 is 17.6. The standard InChI is InChI=1S/C38H45FN8O2.CH4O/c1-37(2)14-5-6-15-38(3,26-11-7-9-24(19-26)10-8-18-48)36-44-35(46(4)45-36)31-20-25(12-16-43-31)34(49)33-28(22-47(41)23-32(37)40)27-13-17-42-30(27)21-29(33)39;1-2/h7,11-13,16-21,23-24,42H,5-6,8-10,14-15,22,40-41H2,1-4H3;2H,1H3/b32-23-;/t24?,38-;/m1./s1. The normalized spacial score (nSPS) is 22.0. The van der Waals surface area contributed by atoms with Gasteiger partial charge in [-0.25, -0.2) is 19.9 Å². The highest BCUT2D eigenvalue weighted by Gasteiger charge is 2.36. The number of nitrogens with two attached hydrogens (primary N) is 2. The van der Waals surface area contributed by atoms with Gasteiger partial charge in [-0.3, -0.25) is 9.78 Å². The van der Waals surface area contributed by atoms with Crippen LogP contribution < -0.4 is 11.6 Å². The number of nitrogens with one attached hydrogen (secondary N) is 1. The maximum absolute atomic E-state index is 15.9. The molecule has 1 aliphatic heterocycles. The van der Waals surface area contributed by atoms with Gasteiger partial charge < -0.3 is 25.6 Å². The Hall–Kier alpha value is -4.94. The molecule has 0 radical (unpaired) electrons. The topological polar surface area (TPSA) is 169 Å². The van der Waals surface area contributed by atoms with Crippen molar-refractivity contribution in [3.63, 3.8) is 0 Å². The number of hydrazine groups is 1. The number of aromatic amines is 1. The summed E-state index contributed by atoms with van der Waals surface area (Å²) in [5.41, 5.74) is 9.15. The van der Waals surface area contributed by atoms with Crippen LogP contribution in [0.5, 0.6) is 0 Å². The van der Waals surface area contributed by atoms with E-state index < -0.39 is 17.0 Å². The van der Waals surface area contributed by atoms with Gasteiger partial charge in [0, 0.05) is 66.8 Å². The zero-order valence-electron chi connectivity index (χ0n) is 30.1. The summed E-state index contributed by atoms with van der Waals surface area (Å²) in [5.74, 6) is 6.79. The number of ketones is 1. The van der Waals surface area contributed by atoms with Crippen LogP contribution in [0.25, 0.3) is 22.4 Å². The van der Waals surface area contributed by atoms with E-state index in [1.54, 1.807) is 29.2 Å². The molecule has 0 saturated heterocycles. The maximum Gasteiger partial charge on any atom is 0.196 e. The summed E-state index contributed by atoms with van der Waals surface area (Å²) in [7, 11) is 2.82. The van der Waals surface area contributed by atoms with Crippen molar-refractivity contribution in [3.8, 4) is 11.5 Å². The number of aromatic nitrogens is 5. The number of nitrogens with zero attached hydrogens (tertiary/aromatic N) is 5. The molecule has 4 heterocycles. The summed E-state index contributed by atoms with van der Waals surface area (Å²) in [6.45, 7) is 6.41. The maximum atomic E-state index is 15.9. The first-order valence-corrected chi connectivity index (χ1v) is 17.4. The SMILES string of the molecule is CO.Cn1nc2nc1-c1cc(ccn1)C(=O)c1c(F)cc3[nH]ccc3c1CN(N)/C=C(\N)C(C)(C)CCCC[C@]2(C)C1=CC(CCC=O)CC=C1. The van der Waals surface area contributed by atoms with E-state index in [1.165, 1.54) is 17.3 Å². The van der Waals surface area contributed by atoms with Crippen molar-refractivity contribution < 1.29 is 19.1 Å². The number of rotatable bonds is 4. The Labute approximate surface area is 298 Å². The first-order valence-electron chi connectivity index (χ1n) is 17.4. The molecule has 6 N–H and O–H groups in total. The highest BCUT2D eigenvalue weighted by atomic mass is 19.1. The van der Waals surface area contributed by atoms with Crippen molar-refractivity contribution >= 4 is 23.0 Å². The average Bonchev–Trinajstić information content (AvgIpc) is 3.76. The van der Waals surface area contributed by atoms with Crippen LogP contribution in [0.1, 0.15) is 93.0 Å². The van der Waals surface area contributed by atoms with Crippen molar-refractivity contribution in [2.75, 3.05) is 7.11 Å². The van der Waals surface area contributed by atoms with Crippen LogP contribution in [-0.2, 0) is 23.8 Å². The van der Waals surface area contributed by atoms with Crippen molar-refractivity contribution in [1.82, 2.24) is 29.7 Å². The Balaban J connectivity index is 0.00000248. The molecule has 0 amide bonds. The van der Waals surface area contributed by atoms with Gasteiger partial charge in [-0.1, -0.05) is 44.9 Å². The number of carbonyl (C=O) groups is 2. The van der Waals surface area contributed by atoms with Crippen LogP contribution in [0.15, 0.2) is 72.4 Å². The molecule has 0 spiro atoms. The predicted octanol–water partition coefficient (Wildman–Crippen LogP) is 6.15. The summed E-state index contributed by atoms with van der Waals surface area (Å²) >= 11 is 0. The molecule has 6 rings (SSSR count). The number of benzene rings is 1. The quantitative estimate of drug-likeness (QED) is 0.144. The van der Waals surface area contributed by atoms with E-state index in [2.05, 4.69) is 49.0 Å². The Morgan fingerprint density at radius 3 is 2.69 bits per heavy atom. The molecule has 4 bridgehead atoms. The Kier molecular flexibility index (Phi) is 11.4. The third-order valence-corrected chi connectivity index (χ3v) is 10.3.